The normalized spacial score (nSPS) is 10.2. The quantitative estimate of drug-likeness (QED) is 0.448. The lowest BCUT2D eigenvalue weighted by Crippen LogP contribution is -2.32. The molecule has 10 heteroatoms. The number of hydrogen-bond donors (Lipinski definition) is 2. The molecule has 0 radical (unpaired) electrons. The average Bonchev–Trinajstić information content (AvgIpc) is 2.86. The zero-order valence-corrected chi connectivity index (χ0v) is 18.9. The summed E-state index contributed by atoms with van der Waals surface area (Å²) in [5.74, 6) is 2.45. The van der Waals surface area contributed by atoms with E-state index in [-0.39, 0.29) is 13.2 Å². The highest BCUT2D eigenvalue weighted by Crippen LogP contribution is 2.39. The van der Waals surface area contributed by atoms with Crippen molar-refractivity contribution in [3.05, 3.63) is 48.5 Å². The Balaban J connectivity index is 1.47. The lowest BCUT2D eigenvalue weighted by atomic mass is 10.1. The van der Waals surface area contributed by atoms with Crippen LogP contribution in [-0.2, 0) is 0 Å². The fourth-order valence-corrected chi connectivity index (χ4v) is 2.96. The van der Waals surface area contributed by atoms with Crippen LogP contribution in [0.15, 0.2) is 48.5 Å². The summed E-state index contributed by atoms with van der Waals surface area (Å²) < 4.78 is 26.5. The van der Waals surface area contributed by atoms with Crippen molar-refractivity contribution in [3.8, 4) is 40.1 Å². The monoisotopic (exact) mass is 454 g/mol. The Morgan fingerprint density at radius 3 is 2.09 bits per heavy atom. The molecule has 2 amide bonds. The summed E-state index contributed by atoms with van der Waals surface area (Å²) in [5, 5.41) is 13.7. The Hall–Kier alpha value is -4.21. The molecule has 0 aliphatic carbocycles. The lowest BCUT2D eigenvalue weighted by Gasteiger charge is -2.15. The highest BCUT2D eigenvalue weighted by molar-refractivity contribution is 5.90. The molecule has 33 heavy (non-hydrogen) atoms. The largest absolute Gasteiger partial charge is 0.497 e. The van der Waals surface area contributed by atoms with Gasteiger partial charge in [0.1, 0.15) is 12.4 Å². The Bertz CT molecular complexity index is 1030. The second kappa shape index (κ2) is 11.4. The summed E-state index contributed by atoms with van der Waals surface area (Å²) in [6, 6.07) is 13.9. The van der Waals surface area contributed by atoms with E-state index in [4.69, 9.17) is 23.7 Å². The van der Waals surface area contributed by atoms with Gasteiger partial charge < -0.3 is 34.3 Å². The second-order valence-corrected chi connectivity index (χ2v) is 6.63. The first-order chi connectivity index (χ1) is 16.1. The van der Waals surface area contributed by atoms with Crippen LogP contribution in [0.5, 0.6) is 28.9 Å². The van der Waals surface area contributed by atoms with Crippen LogP contribution < -0.4 is 34.3 Å². The van der Waals surface area contributed by atoms with Crippen molar-refractivity contribution in [3.63, 3.8) is 0 Å². The predicted molar refractivity (Wildman–Crippen MR) is 123 cm³/mol. The first-order valence-corrected chi connectivity index (χ1v) is 10.0. The minimum atomic E-state index is -0.409. The number of carbonyl (C=O) groups is 1. The van der Waals surface area contributed by atoms with Gasteiger partial charge in [0.25, 0.3) is 0 Å². The fraction of sp³-hybridized carbons (Fsp3) is 0.261. The molecule has 0 fully saturated rings. The molecule has 1 aromatic heterocycles. The topological polar surface area (TPSA) is 113 Å². The van der Waals surface area contributed by atoms with Crippen molar-refractivity contribution in [2.45, 2.75) is 0 Å². The van der Waals surface area contributed by atoms with Gasteiger partial charge in [-0.1, -0.05) is 0 Å². The number of anilines is 1. The minimum absolute atomic E-state index is 0.221. The molecule has 2 aromatic carbocycles. The summed E-state index contributed by atoms with van der Waals surface area (Å²) in [6.07, 6.45) is 0. The van der Waals surface area contributed by atoms with E-state index in [1.165, 1.54) is 21.3 Å². The van der Waals surface area contributed by atoms with Crippen molar-refractivity contribution >= 4 is 11.7 Å². The molecule has 0 spiro atoms. The molecule has 3 aromatic rings. The first kappa shape index (κ1) is 23.5. The summed E-state index contributed by atoms with van der Waals surface area (Å²) >= 11 is 0. The summed E-state index contributed by atoms with van der Waals surface area (Å²) in [6.45, 7) is 0.484. The van der Waals surface area contributed by atoms with E-state index < -0.39 is 6.03 Å². The first-order valence-electron chi connectivity index (χ1n) is 10.0. The number of aromatic nitrogens is 2. The number of carbonyl (C=O) groups excluding carboxylic acids is 1. The second-order valence-electron chi connectivity index (χ2n) is 6.63. The third kappa shape index (κ3) is 6.16. The van der Waals surface area contributed by atoms with Crippen LogP contribution in [0, 0.1) is 0 Å². The zero-order chi connectivity index (χ0) is 23.6. The van der Waals surface area contributed by atoms with E-state index in [9.17, 15) is 4.79 Å². The van der Waals surface area contributed by atoms with Crippen molar-refractivity contribution in [2.75, 3.05) is 46.9 Å². The fourth-order valence-electron chi connectivity index (χ4n) is 2.96. The maximum absolute atomic E-state index is 12.2. The van der Waals surface area contributed by atoms with Crippen LogP contribution in [0.3, 0.4) is 0 Å². The molecule has 0 saturated heterocycles. The van der Waals surface area contributed by atoms with Crippen LogP contribution in [0.25, 0.3) is 11.3 Å². The Kier molecular flexibility index (Phi) is 8.12. The third-order valence-electron chi connectivity index (χ3n) is 4.59. The van der Waals surface area contributed by atoms with Crippen LogP contribution in [-0.4, -0.2) is 57.8 Å². The molecule has 0 saturated carbocycles. The van der Waals surface area contributed by atoms with Gasteiger partial charge in [0.2, 0.25) is 11.6 Å². The van der Waals surface area contributed by atoms with Gasteiger partial charge in [-0.3, -0.25) is 0 Å². The molecular weight excluding hydrogens is 428 g/mol. The van der Waals surface area contributed by atoms with Gasteiger partial charge >= 0.3 is 6.03 Å². The van der Waals surface area contributed by atoms with Crippen LogP contribution in [0.2, 0.25) is 0 Å². The van der Waals surface area contributed by atoms with Crippen molar-refractivity contribution < 1.29 is 28.5 Å². The Morgan fingerprint density at radius 2 is 1.55 bits per heavy atom. The SMILES string of the molecule is COc1ccc(-c2ccc(OCCNC(=O)Nc3cc(OC)c(OC)c(OC)c3)nn2)cc1. The van der Waals surface area contributed by atoms with Crippen molar-refractivity contribution in [1.82, 2.24) is 15.5 Å². The van der Waals surface area contributed by atoms with Crippen molar-refractivity contribution in [2.24, 2.45) is 0 Å². The van der Waals surface area contributed by atoms with Crippen molar-refractivity contribution in [1.29, 1.82) is 0 Å². The molecule has 1 heterocycles. The van der Waals surface area contributed by atoms with Gasteiger partial charge in [0.15, 0.2) is 11.5 Å². The Morgan fingerprint density at radius 1 is 0.848 bits per heavy atom. The average molecular weight is 454 g/mol. The highest BCUT2D eigenvalue weighted by Gasteiger charge is 2.14. The standard InChI is InChI=1S/C23H26N4O6/c1-29-17-7-5-15(6-8-17)18-9-10-21(27-26-18)33-12-11-24-23(28)25-16-13-19(30-2)22(32-4)20(14-16)31-3/h5-10,13-14H,11-12H2,1-4H3,(H2,24,25,28). The maximum atomic E-state index is 12.2. The number of amides is 2. The van der Waals surface area contributed by atoms with Crippen LogP contribution >= 0.6 is 0 Å². The number of urea groups is 1. The summed E-state index contributed by atoms with van der Waals surface area (Å²) in [7, 11) is 6.14. The zero-order valence-electron chi connectivity index (χ0n) is 18.9. The Labute approximate surface area is 191 Å². The molecule has 0 bridgehead atoms. The summed E-state index contributed by atoms with van der Waals surface area (Å²) in [4.78, 5) is 12.2. The highest BCUT2D eigenvalue weighted by atomic mass is 16.5. The van der Waals surface area contributed by atoms with Gasteiger partial charge in [-0.25, -0.2) is 4.79 Å². The van der Waals surface area contributed by atoms with Gasteiger partial charge in [0, 0.05) is 23.8 Å². The molecule has 0 atom stereocenters. The van der Waals surface area contributed by atoms with E-state index in [1.54, 1.807) is 25.3 Å². The van der Waals surface area contributed by atoms with E-state index in [1.807, 2.05) is 30.3 Å². The molecule has 2 N–H and O–H groups in total. The number of nitrogens with zero attached hydrogens (tertiary/aromatic N) is 2. The van der Waals surface area contributed by atoms with E-state index in [2.05, 4.69) is 20.8 Å². The van der Waals surface area contributed by atoms with E-state index in [0.29, 0.717) is 34.5 Å². The molecule has 0 aliphatic heterocycles. The molecule has 10 nitrogen and oxygen atoms in total. The number of nitrogens with one attached hydrogen (secondary N) is 2. The van der Waals surface area contributed by atoms with Crippen LogP contribution in [0.1, 0.15) is 0 Å². The van der Waals surface area contributed by atoms with Gasteiger partial charge in [-0.05, 0) is 30.3 Å². The smallest absolute Gasteiger partial charge is 0.319 e. The van der Waals surface area contributed by atoms with Gasteiger partial charge in [0.05, 0.1) is 46.4 Å². The molecule has 0 unspecified atom stereocenters. The molecule has 174 valence electrons. The predicted octanol–water partition coefficient (Wildman–Crippen LogP) is 3.38. The van der Waals surface area contributed by atoms with Gasteiger partial charge in [-0.2, -0.15) is 0 Å². The minimum Gasteiger partial charge on any atom is -0.497 e. The molecule has 3 rings (SSSR count). The number of benzene rings is 2. The maximum Gasteiger partial charge on any atom is 0.319 e. The lowest BCUT2D eigenvalue weighted by molar-refractivity contribution is 0.246. The van der Waals surface area contributed by atoms with Gasteiger partial charge in [-0.15, -0.1) is 10.2 Å². The molecular formula is C23H26N4O6. The van der Waals surface area contributed by atoms with E-state index in [0.717, 1.165) is 11.3 Å². The number of methoxy groups -OCH3 is 4. The number of hydrogen-bond acceptors (Lipinski definition) is 8. The van der Waals surface area contributed by atoms with E-state index >= 15 is 0 Å². The van der Waals surface area contributed by atoms with Crippen LogP contribution in [0.4, 0.5) is 10.5 Å². The summed E-state index contributed by atoms with van der Waals surface area (Å²) in [5.41, 5.74) is 2.12. The molecule has 0 aliphatic rings. The number of ether oxygens (including phenoxy) is 5. The number of rotatable bonds is 10. The third-order valence-corrected chi connectivity index (χ3v) is 4.59.